The van der Waals surface area contributed by atoms with Crippen LogP contribution in [0.1, 0.15) is 23.1 Å². The number of rotatable bonds is 6. The largest absolute Gasteiger partial charge is 0.295 e. The standard InChI is InChI=1S/C54H36N2/c1-4-16-37(17-5-1)50-45-25-12-13-26-46(45)51(38-18-6-2-7-19-38)54-48-33-32-43(44-24-14-15-27-47(52(44)48)53(50)54)36-28-30-42(31-29-36)56(41-22-8-3-9-23-41)49-34-39-20-10-11-21-40(39)35-55-49/h1-14,16-35H,15H2. The number of hydrogen-bond acceptors (Lipinski definition) is 2. The van der Waals surface area contributed by atoms with E-state index in [4.69, 9.17) is 4.98 Å². The molecule has 1 aromatic heterocycles. The third-order valence-corrected chi connectivity index (χ3v) is 11.4. The minimum absolute atomic E-state index is 0.869. The molecule has 2 heteroatoms. The van der Waals surface area contributed by atoms with Crippen LogP contribution in [-0.2, 0) is 0 Å². The second kappa shape index (κ2) is 13.2. The van der Waals surface area contributed by atoms with Gasteiger partial charge in [-0.15, -0.1) is 0 Å². The molecule has 0 spiro atoms. The molecule has 0 radical (unpaired) electrons. The van der Waals surface area contributed by atoms with E-state index in [-0.39, 0.29) is 0 Å². The van der Waals surface area contributed by atoms with Gasteiger partial charge in [-0.2, -0.15) is 0 Å². The molecule has 0 atom stereocenters. The molecule has 9 aromatic rings. The van der Waals surface area contributed by atoms with Gasteiger partial charge in [-0.3, -0.25) is 4.90 Å². The first kappa shape index (κ1) is 32.2. The Morgan fingerprint density at radius 2 is 1.00 bits per heavy atom. The summed E-state index contributed by atoms with van der Waals surface area (Å²) in [6, 6.07) is 65.7. The third-order valence-electron chi connectivity index (χ3n) is 11.4. The van der Waals surface area contributed by atoms with E-state index in [0.29, 0.717) is 0 Å². The predicted octanol–water partition coefficient (Wildman–Crippen LogP) is 14.7. The molecule has 1 heterocycles. The summed E-state index contributed by atoms with van der Waals surface area (Å²) in [5, 5.41) is 4.85. The zero-order valence-electron chi connectivity index (χ0n) is 30.7. The molecule has 56 heavy (non-hydrogen) atoms. The molecule has 2 aliphatic rings. The molecule has 0 fully saturated rings. The molecule has 0 N–H and O–H groups in total. The molecule has 0 unspecified atom stereocenters. The van der Waals surface area contributed by atoms with Crippen molar-refractivity contribution in [3.63, 3.8) is 0 Å². The Morgan fingerprint density at radius 1 is 0.429 bits per heavy atom. The number of allylic oxidation sites excluding steroid dienone is 2. The number of aromatic nitrogens is 1. The van der Waals surface area contributed by atoms with Gasteiger partial charge < -0.3 is 0 Å². The average Bonchev–Trinajstić information content (AvgIpc) is 3.42. The summed E-state index contributed by atoms with van der Waals surface area (Å²) >= 11 is 0. The van der Waals surface area contributed by atoms with Crippen molar-refractivity contribution in [1.82, 2.24) is 4.98 Å². The van der Waals surface area contributed by atoms with Crippen LogP contribution in [0.15, 0.2) is 200 Å². The minimum Gasteiger partial charge on any atom is -0.295 e. The first-order valence-electron chi connectivity index (χ1n) is 19.4. The monoisotopic (exact) mass is 712 g/mol. The highest BCUT2D eigenvalue weighted by Gasteiger charge is 2.34. The highest BCUT2D eigenvalue weighted by atomic mass is 15.2. The highest BCUT2D eigenvalue weighted by molar-refractivity contribution is 6.22. The van der Waals surface area contributed by atoms with E-state index in [9.17, 15) is 0 Å². The maximum atomic E-state index is 4.94. The molecule has 11 rings (SSSR count). The lowest BCUT2D eigenvalue weighted by atomic mass is 9.83. The van der Waals surface area contributed by atoms with E-state index in [1.54, 1.807) is 0 Å². The third kappa shape index (κ3) is 5.15. The van der Waals surface area contributed by atoms with Gasteiger partial charge in [0.2, 0.25) is 0 Å². The van der Waals surface area contributed by atoms with Crippen molar-refractivity contribution in [2.75, 3.05) is 4.90 Å². The van der Waals surface area contributed by atoms with Gasteiger partial charge in [-0.05, 0) is 120 Å². The molecular weight excluding hydrogens is 677 g/mol. The van der Waals surface area contributed by atoms with Crippen LogP contribution in [-0.4, -0.2) is 4.98 Å². The molecule has 262 valence electrons. The van der Waals surface area contributed by atoms with Crippen LogP contribution in [0.3, 0.4) is 0 Å². The molecule has 8 aromatic carbocycles. The van der Waals surface area contributed by atoms with Crippen molar-refractivity contribution in [1.29, 1.82) is 0 Å². The first-order chi connectivity index (χ1) is 27.8. The maximum absolute atomic E-state index is 4.94. The van der Waals surface area contributed by atoms with Crippen LogP contribution in [0.4, 0.5) is 17.2 Å². The number of pyridine rings is 1. The van der Waals surface area contributed by atoms with Crippen LogP contribution >= 0.6 is 0 Å². The predicted molar refractivity (Wildman–Crippen MR) is 236 cm³/mol. The summed E-state index contributed by atoms with van der Waals surface area (Å²) in [5.74, 6) is 0.887. The average molecular weight is 713 g/mol. The van der Waals surface area contributed by atoms with Crippen LogP contribution < -0.4 is 4.90 Å². The van der Waals surface area contributed by atoms with Gasteiger partial charge in [0.05, 0.1) is 0 Å². The number of fused-ring (bicyclic) bond motifs is 5. The molecule has 0 aliphatic heterocycles. The number of anilines is 3. The summed E-state index contributed by atoms with van der Waals surface area (Å²) in [4.78, 5) is 7.18. The van der Waals surface area contributed by atoms with Crippen molar-refractivity contribution in [3.05, 3.63) is 217 Å². The fraction of sp³-hybridized carbons (Fsp3) is 0.0185. The highest BCUT2D eigenvalue weighted by Crippen LogP contribution is 2.58. The van der Waals surface area contributed by atoms with Gasteiger partial charge in [0.1, 0.15) is 5.82 Å². The summed E-state index contributed by atoms with van der Waals surface area (Å²) in [6.07, 6.45) is 9.97. The Bertz CT molecular complexity index is 3010. The van der Waals surface area contributed by atoms with E-state index >= 15 is 0 Å². The molecule has 0 amide bonds. The summed E-state index contributed by atoms with van der Waals surface area (Å²) in [7, 11) is 0. The van der Waals surface area contributed by atoms with E-state index in [0.717, 1.165) is 29.0 Å². The lowest BCUT2D eigenvalue weighted by Gasteiger charge is -2.25. The van der Waals surface area contributed by atoms with Crippen molar-refractivity contribution in [2.45, 2.75) is 6.42 Å². The fourth-order valence-corrected chi connectivity index (χ4v) is 9.01. The quantitative estimate of drug-likeness (QED) is 0.171. The minimum atomic E-state index is 0.869. The normalized spacial score (nSPS) is 12.6. The molecule has 0 bridgehead atoms. The molecule has 2 aliphatic carbocycles. The van der Waals surface area contributed by atoms with Crippen LogP contribution in [0.5, 0.6) is 0 Å². The maximum Gasteiger partial charge on any atom is 0.138 e. The fourth-order valence-electron chi connectivity index (χ4n) is 9.01. The van der Waals surface area contributed by atoms with Gasteiger partial charge in [-0.1, -0.05) is 170 Å². The van der Waals surface area contributed by atoms with Crippen LogP contribution in [0.25, 0.3) is 77.7 Å². The Balaban J connectivity index is 1.10. The smallest absolute Gasteiger partial charge is 0.138 e. The van der Waals surface area contributed by atoms with Gasteiger partial charge >= 0.3 is 0 Å². The summed E-state index contributed by atoms with van der Waals surface area (Å²) in [6.45, 7) is 0. The van der Waals surface area contributed by atoms with Crippen molar-refractivity contribution >= 4 is 50.4 Å². The van der Waals surface area contributed by atoms with Crippen LogP contribution in [0, 0.1) is 0 Å². The number of para-hydroxylation sites is 1. The van der Waals surface area contributed by atoms with Gasteiger partial charge in [-0.25, -0.2) is 4.98 Å². The Hall–Kier alpha value is -7.29. The zero-order valence-corrected chi connectivity index (χ0v) is 30.7. The molecular formula is C54H36N2. The van der Waals surface area contributed by atoms with Crippen molar-refractivity contribution in [2.24, 2.45) is 0 Å². The molecule has 2 nitrogen and oxygen atoms in total. The zero-order chi connectivity index (χ0) is 37.0. The van der Waals surface area contributed by atoms with E-state index in [1.807, 2.05) is 6.20 Å². The van der Waals surface area contributed by atoms with E-state index in [1.165, 1.54) is 82.9 Å². The van der Waals surface area contributed by atoms with Gasteiger partial charge in [0.25, 0.3) is 0 Å². The summed E-state index contributed by atoms with van der Waals surface area (Å²) < 4.78 is 0. The second-order valence-corrected chi connectivity index (χ2v) is 14.6. The number of nitrogens with zero attached hydrogens (tertiary/aromatic N) is 2. The van der Waals surface area contributed by atoms with E-state index < -0.39 is 0 Å². The number of hydrogen-bond donors (Lipinski definition) is 0. The Labute approximate surface area is 327 Å². The Morgan fingerprint density at radius 3 is 1.70 bits per heavy atom. The SMILES string of the molecule is C1=Cc2c(-c3ccc(N(c4ccccc4)c4cc5ccccc5cn4)cc3)ccc3c2C(=CC1)c1c-3c(-c2ccccc2)c2ccccc2c1-c1ccccc1. The van der Waals surface area contributed by atoms with Crippen molar-refractivity contribution < 1.29 is 0 Å². The van der Waals surface area contributed by atoms with E-state index in [2.05, 4.69) is 205 Å². The molecule has 0 saturated carbocycles. The summed E-state index contributed by atoms with van der Waals surface area (Å²) in [5.41, 5.74) is 17.5. The number of benzene rings is 8. The Kier molecular flexibility index (Phi) is 7.60. The lowest BCUT2D eigenvalue weighted by molar-refractivity contribution is 1.19. The lowest BCUT2D eigenvalue weighted by Crippen LogP contribution is -2.11. The van der Waals surface area contributed by atoms with Crippen molar-refractivity contribution in [3.8, 4) is 44.5 Å². The second-order valence-electron chi connectivity index (χ2n) is 14.6. The first-order valence-corrected chi connectivity index (χ1v) is 19.4. The van der Waals surface area contributed by atoms with Gasteiger partial charge in [0.15, 0.2) is 0 Å². The van der Waals surface area contributed by atoms with Gasteiger partial charge in [0, 0.05) is 23.0 Å². The van der Waals surface area contributed by atoms with Crippen LogP contribution in [0.2, 0.25) is 0 Å². The molecule has 0 saturated heterocycles. The topological polar surface area (TPSA) is 16.1 Å².